The van der Waals surface area contributed by atoms with Crippen molar-refractivity contribution >= 4 is 0 Å². The third kappa shape index (κ3) is 5.12. The molecule has 178 valence electrons. The Morgan fingerprint density at radius 3 is 2.30 bits per heavy atom. The zero-order valence-corrected chi connectivity index (χ0v) is 18.6. The van der Waals surface area contributed by atoms with Crippen LogP contribution in [0.25, 0.3) is 11.1 Å². The molecule has 0 bridgehead atoms. The molecule has 5 nitrogen and oxygen atoms in total. The molecule has 2 aliphatic heterocycles. The lowest BCUT2D eigenvalue weighted by atomic mass is 9.81. The van der Waals surface area contributed by atoms with E-state index in [4.69, 9.17) is 15.2 Å². The molecular weight excluding hydrogens is 433 g/mol. The second-order valence-electron chi connectivity index (χ2n) is 8.53. The molecule has 2 heterocycles. The minimum Gasteiger partial charge on any atom is -0.452 e. The van der Waals surface area contributed by atoms with Crippen LogP contribution < -0.4 is 10.5 Å². The minimum atomic E-state index is -4.73. The largest absolute Gasteiger partial charge is 0.573 e. The molecule has 2 aromatic rings. The highest BCUT2D eigenvalue weighted by molar-refractivity contribution is 5.69. The van der Waals surface area contributed by atoms with Crippen LogP contribution in [0, 0.1) is 5.92 Å². The van der Waals surface area contributed by atoms with Crippen LogP contribution in [0.15, 0.2) is 61.1 Å². The average molecular weight is 463 g/mol. The lowest BCUT2D eigenvalue weighted by Crippen LogP contribution is -2.47. The first-order chi connectivity index (χ1) is 15.8. The van der Waals surface area contributed by atoms with Gasteiger partial charge in [-0.2, -0.15) is 0 Å². The number of rotatable bonds is 7. The van der Waals surface area contributed by atoms with Gasteiger partial charge < -0.3 is 24.8 Å². The number of alkyl halides is 3. The van der Waals surface area contributed by atoms with Gasteiger partial charge in [-0.05, 0) is 69.1 Å². The normalized spacial score (nSPS) is 19.7. The van der Waals surface area contributed by atoms with Crippen LogP contribution in [0.4, 0.5) is 13.2 Å². The third-order valence-electron chi connectivity index (χ3n) is 6.52. The lowest BCUT2D eigenvalue weighted by molar-refractivity contribution is -0.274. The van der Waals surface area contributed by atoms with E-state index in [9.17, 15) is 13.2 Å². The van der Waals surface area contributed by atoms with Crippen LogP contribution in [0.2, 0.25) is 0 Å². The van der Waals surface area contributed by atoms with Gasteiger partial charge in [0.15, 0.2) is 0 Å². The Labute approximate surface area is 191 Å². The molecule has 1 atom stereocenters. The van der Waals surface area contributed by atoms with Gasteiger partial charge in [-0.3, -0.25) is 0 Å². The molecule has 33 heavy (non-hydrogen) atoms. The van der Waals surface area contributed by atoms with E-state index in [-0.39, 0.29) is 11.7 Å². The van der Waals surface area contributed by atoms with Crippen molar-refractivity contribution in [3.05, 3.63) is 66.6 Å². The molecule has 0 aliphatic carbocycles. The van der Waals surface area contributed by atoms with Crippen LogP contribution in [0.1, 0.15) is 31.7 Å². The summed E-state index contributed by atoms with van der Waals surface area (Å²) in [6, 6.07) is 14.0. The summed E-state index contributed by atoms with van der Waals surface area (Å²) < 4.78 is 53.9. The summed E-state index contributed by atoms with van der Waals surface area (Å²) in [5, 5.41) is 0. The zero-order chi connectivity index (χ0) is 23.5. The van der Waals surface area contributed by atoms with Crippen LogP contribution in [-0.2, 0) is 15.3 Å². The van der Waals surface area contributed by atoms with E-state index in [1.165, 1.54) is 12.1 Å². The number of nitrogens with two attached hydrogens (primary N) is 1. The number of hydrogen-bond acceptors (Lipinski definition) is 5. The van der Waals surface area contributed by atoms with Crippen LogP contribution in [-0.4, -0.2) is 36.9 Å². The van der Waals surface area contributed by atoms with E-state index in [1.54, 1.807) is 24.7 Å². The average Bonchev–Trinajstić information content (AvgIpc) is 3.30. The van der Waals surface area contributed by atoms with Crippen molar-refractivity contribution in [1.82, 2.24) is 4.90 Å². The molecule has 0 amide bonds. The summed E-state index contributed by atoms with van der Waals surface area (Å²) in [4.78, 5) is 2.45. The molecule has 8 heteroatoms. The van der Waals surface area contributed by atoms with Crippen molar-refractivity contribution in [3.63, 3.8) is 0 Å². The van der Waals surface area contributed by atoms with Gasteiger partial charge in [0.05, 0.1) is 0 Å². The summed E-state index contributed by atoms with van der Waals surface area (Å²) in [7, 11) is 0. The van der Waals surface area contributed by atoms with Gasteiger partial charge in [0, 0.05) is 17.5 Å². The van der Waals surface area contributed by atoms with Crippen molar-refractivity contribution in [2.24, 2.45) is 11.7 Å². The van der Waals surface area contributed by atoms with Gasteiger partial charge in [0.2, 0.25) is 0 Å². The molecular formula is C25H29F3N2O3. The lowest BCUT2D eigenvalue weighted by Gasteiger charge is -2.43. The minimum absolute atomic E-state index is 0.114. The Hall–Kier alpha value is -2.71. The third-order valence-corrected chi connectivity index (χ3v) is 6.52. The van der Waals surface area contributed by atoms with Gasteiger partial charge in [-0.15, -0.1) is 13.2 Å². The fourth-order valence-electron chi connectivity index (χ4n) is 4.84. The number of ether oxygens (including phenoxy) is 3. The Morgan fingerprint density at radius 1 is 1.06 bits per heavy atom. The standard InChI is InChI=1S/C25H29F3N2O3/c1-18(10-13-29)30-14-11-20(12-15-30)24(31-16-17-32-24)23-5-3-2-4-22(23)19-6-8-21(9-7-19)33-25(26,27)28/h2-9,16-18,20H,10-15,29H2,1H3. The molecule has 4 rings (SSSR count). The SMILES string of the molecule is CC(CCN)N1CCC(C2(c3ccccc3-c3ccc(OC(F)(F)F)cc3)OC=CO2)CC1. The Kier molecular flexibility index (Phi) is 6.86. The topological polar surface area (TPSA) is 57.0 Å². The number of nitrogens with zero attached hydrogens (tertiary/aromatic N) is 1. The maximum atomic E-state index is 12.5. The van der Waals surface area contributed by atoms with E-state index < -0.39 is 12.1 Å². The fraction of sp³-hybridized carbons (Fsp3) is 0.440. The first-order valence-electron chi connectivity index (χ1n) is 11.2. The second-order valence-corrected chi connectivity index (χ2v) is 8.53. The second kappa shape index (κ2) is 9.65. The van der Waals surface area contributed by atoms with E-state index in [2.05, 4.69) is 16.6 Å². The number of halogens is 3. The highest BCUT2D eigenvalue weighted by Gasteiger charge is 2.48. The molecule has 0 spiro atoms. The zero-order valence-electron chi connectivity index (χ0n) is 18.6. The van der Waals surface area contributed by atoms with Crippen LogP contribution in [0.3, 0.4) is 0 Å². The van der Waals surface area contributed by atoms with Crippen molar-refractivity contribution in [2.45, 2.75) is 44.4 Å². The maximum absolute atomic E-state index is 12.5. The number of benzene rings is 2. The molecule has 0 aromatic heterocycles. The van der Waals surface area contributed by atoms with E-state index >= 15 is 0 Å². The number of likely N-dealkylation sites (tertiary alicyclic amines) is 1. The van der Waals surface area contributed by atoms with Gasteiger partial charge >= 0.3 is 6.36 Å². The smallest absolute Gasteiger partial charge is 0.452 e. The Balaban J connectivity index is 1.60. The molecule has 2 N–H and O–H groups in total. The van der Waals surface area contributed by atoms with Crippen molar-refractivity contribution in [1.29, 1.82) is 0 Å². The predicted molar refractivity (Wildman–Crippen MR) is 119 cm³/mol. The van der Waals surface area contributed by atoms with Crippen molar-refractivity contribution in [3.8, 4) is 16.9 Å². The predicted octanol–water partition coefficient (Wildman–Crippen LogP) is 5.37. The molecule has 1 unspecified atom stereocenters. The molecule has 2 aromatic carbocycles. The van der Waals surface area contributed by atoms with E-state index in [0.717, 1.165) is 49.0 Å². The van der Waals surface area contributed by atoms with Gasteiger partial charge in [-0.1, -0.05) is 36.4 Å². The summed E-state index contributed by atoms with van der Waals surface area (Å²) in [6.07, 6.45) is 1.16. The van der Waals surface area contributed by atoms with Crippen LogP contribution >= 0.6 is 0 Å². The summed E-state index contributed by atoms with van der Waals surface area (Å²) >= 11 is 0. The quantitative estimate of drug-likeness (QED) is 0.599. The maximum Gasteiger partial charge on any atom is 0.573 e. The molecule has 1 saturated heterocycles. The van der Waals surface area contributed by atoms with Crippen molar-refractivity contribution < 1.29 is 27.4 Å². The monoisotopic (exact) mass is 462 g/mol. The number of piperidine rings is 1. The van der Waals surface area contributed by atoms with Gasteiger partial charge in [-0.25, -0.2) is 0 Å². The number of hydrogen-bond donors (Lipinski definition) is 1. The summed E-state index contributed by atoms with van der Waals surface area (Å²) in [5.41, 5.74) is 8.19. The Bertz CT molecular complexity index is 946. The molecule has 0 radical (unpaired) electrons. The summed E-state index contributed by atoms with van der Waals surface area (Å²) in [6.45, 7) is 4.72. The highest BCUT2D eigenvalue weighted by atomic mass is 19.4. The first-order valence-corrected chi connectivity index (χ1v) is 11.2. The van der Waals surface area contributed by atoms with Crippen LogP contribution in [0.5, 0.6) is 5.75 Å². The molecule has 1 fully saturated rings. The molecule has 2 aliphatic rings. The van der Waals surface area contributed by atoms with Crippen molar-refractivity contribution in [2.75, 3.05) is 19.6 Å². The summed E-state index contributed by atoms with van der Waals surface area (Å²) in [5.74, 6) is -1.11. The van der Waals surface area contributed by atoms with Gasteiger partial charge in [0.25, 0.3) is 5.79 Å². The molecule has 0 saturated carbocycles. The Morgan fingerprint density at radius 2 is 1.70 bits per heavy atom. The first kappa shape index (κ1) is 23.4. The van der Waals surface area contributed by atoms with E-state index in [0.29, 0.717) is 12.6 Å². The van der Waals surface area contributed by atoms with E-state index in [1.807, 2.05) is 24.3 Å². The van der Waals surface area contributed by atoms with Gasteiger partial charge in [0.1, 0.15) is 18.3 Å². The highest BCUT2D eigenvalue weighted by Crippen LogP contribution is 2.47. The fourth-order valence-corrected chi connectivity index (χ4v) is 4.84.